The Morgan fingerprint density at radius 1 is 1.35 bits per heavy atom. The summed E-state index contributed by atoms with van der Waals surface area (Å²) in [6.07, 6.45) is 0.927. The monoisotopic (exact) mass is 322 g/mol. The average molecular weight is 323 g/mol. The molecule has 1 rings (SSSR count). The minimum Gasteiger partial charge on any atom is -0.313 e. The van der Waals surface area contributed by atoms with Crippen LogP contribution in [-0.4, -0.2) is 32.9 Å². The molecule has 0 amide bonds. The lowest BCUT2D eigenvalue weighted by molar-refractivity contribution is 0.485. The summed E-state index contributed by atoms with van der Waals surface area (Å²) in [6.45, 7) is 5.13. The van der Waals surface area contributed by atoms with E-state index in [0.717, 1.165) is 19.0 Å². The second-order valence-electron chi connectivity index (χ2n) is 4.47. The van der Waals surface area contributed by atoms with Crippen molar-refractivity contribution >= 4 is 21.6 Å². The first-order valence-electron chi connectivity index (χ1n) is 6.49. The van der Waals surface area contributed by atoms with Crippen molar-refractivity contribution in [1.29, 1.82) is 0 Å². The Kier molecular flexibility index (Phi) is 6.39. The molecule has 20 heavy (non-hydrogen) atoms. The predicted octanol–water partition coefficient (Wildman–Crippen LogP) is 2.62. The van der Waals surface area contributed by atoms with E-state index < -0.39 is 15.8 Å². The molecule has 0 atom stereocenters. The molecule has 0 aromatic heterocycles. The van der Waals surface area contributed by atoms with Crippen LogP contribution < -0.4 is 5.32 Å². The van der Waals surface area contributed by atoms with Crippen molar-refractivity contribution in [2.24, 2.45) is 0 Å². The number of nitrogens with one attached hydrogen (secondary N) is 1. The highest BCUT2D eigenvalue weighted by Gasteiger charge is 2.22. The highest BCUT2D eigenvalue weighted by atomic mass is 35.5. The molecule has 114 valence electrons. The number of hydrogen-bond donors (Lipinski definition) is 1. The van der Waals surface area contributed by atoms with E-state index in [0.29, 0.717) is 18.7 Å². The van der Waals surface area contributed by atoms with E-state index in [1.165, 1.54) is 17.4 Å². The maximum absolute atomic E-state index is 13.8. The summed E-state index contributed by atoms with van der Waals surface area (Å²) in [5, 5.41) is 3.05. The third-order valence-electron chi connectivity index (χ3n) is 2.97. The zero-order valence-electron chi connectivity index (χ0n) is 11.9. The molecule has 0 spiro atoms. The van der Waals surface area contributed by atoms with Crippen molar-refractivity contribution in [3.63, 3.8) is 0 Å². The van der Waals surface area contributed by atoms with Crippen LogP contribution in [0.4, 0.5) is 4.39 Å². The summed E-state index contributed by atoms with van der Waals surface area (Å²) < 4.78 is 39.4. The van der Waals surface area contributed by atoms with Crippen molar-refractivity contribution in [1.82, 2.24) is 9.62 Å². The number of hydrogen-bond acceptors (Lipinski definition) is 3. The van der Waals surface area contributed by atoms with Gasteiger partial charge in [-0.2, -0.15) is 0 Å². The number of benzene rings is 1. The van der Waals surface area contributed by atoms with E-state index in [2.05, 4.69) is 5.32 Å². The Morgan fingerprint density at radius 2 is 2.00 bits per heavy atom. The Morgan fingerprint density at radius 3 is 2.55 bits per heavy atom. The van der Waals surface area contributed by atoms with Crippen molar-refractivity contribution in [2.75, 3.05) is 20.1 Å². The maximum atomic E-state index is 13.8. The number of nitrogens with zero attached hydrogens (tertiary/aromatic N) is 1. The Bertz CT molecular complexity index is 564. The minimum absolute atomic E-state index is 0.0355. The number of sulfonamides is 1. The first-order chi connectivity index (χ1) is 9.34. The molecule has 1 N–H and O–H groups in total. The zero-order valence-corrected chi connectivity index (χ0v) is 13.5. The molecule has 1 aromatic carbocycles. The summed E-state index contributed by atoms with van der Waals surface area (Å²) in [5.74, 6) is -0.717. The Hall–Kier alpha value is -0.690. The molecule has 0 bridgehead atoms. The van der Waals surface area contributed by atoms with Gasteiger partial charge in [0, 0.05) is 20.1 Å². The van der Waals surface area contributed by atoms with Crippen molar-refractivity contribution < 1.29 is 12.8 Å². The standard InChI is InChI=1S/C13H20ClFN2O2S/c1-4-6-16-9-10-7-11(8-12(15)13(10)14)20(18,19)17(3)5-2/h7-8,16H,4-6,9H2,1-3H3. The highest BCUT2D eigenvalue weighted by molar-refractivity contribution is 7.89. The number of halogens is 2. The van der Waals surface area contributed by atoms with Crippen molar-refractivity contribution in [2.45, 2.75) is 31.7 Å². The molecule has 0 unspecified atom stereocenters. The van der Waals surface area contributed by atoms with Crippen LogP contribution in [0.1, 0.15) is 25.8 Å². The molecule has 0 aliphatic heterocycles. The molecular weight excluding hydrogens is 303 g/mol. The van der Waals surface area contributed by atoms with Crippen LogP contribution in [0.2, 0.25) is 5.02 Å². The van der Waals surface area contributed by atoms with Crippen molar-refractivity contribution in [3.8, 4) is 0 Å². The van der Waals surface area contributed by atoms with E-state index in [9.17, 15) is 12.8 Å². The van der Waals surface area contributed by atoms with Crippen LogP contribution in [0.5, 0.6) is 0 Å². The molecular formula is C13H20ClFN2O2S. The molecule has 0 radical (unpaired) electrons. The van der Waals surface area contributed by atoms with Crippen LogP contribution in [0, 0.1) is 5.82 Å². The molecule has 0 aliphatic carbocycles. The van der Waals surface area contributed by atoms with E-state index in [1.807, 2.05) is 6.92 Å². The Labute approximate surface area is 125 Å². The van der Waals surface area contributed by atoms with Gasteiger partial charge in [0.2, 0.25) is 10.0 Å². The second kappa shape index (κ2) is 7.36. The van der Waals surface area contributed by atoms with Gasteiger partial charge in [0.25, 0.3) is 0 Å². The third kappa shape index (κ3) is 3.91. The van der Waals surface area contributed by atoms with Crippen LogP contribution in [0.3, 0.4) is 0 Å². The lowest BCUT2D eigenvalue weighted by Crippen LogP contribution is -2.27. The first kappa shape index (κ1) is 17.4. The van der Waals surface area contributed by atoms with Gasteiger partial charge in [-0.3, -0.25) is 0 Å². The molecule has 7 heteroatoms. The van der Waals surface area contributed by atoms with Gasteiger partial charge in [0.1, 0.15) is 5.82 Å². The van der Waals surface area contributed by atoms with E-state index in [4.69, 9.17) is 11.6 Å². The fraction of sp³-hybridized carbons (Fsp3) is 0.538. The predicted molar refractivity (Wildman–Crippen MR) is 78.9 cm³/mol. The molecule has 0 saturated heterocycles. The normalized spacial score (nSPS) is 12.1. The minimum atomic E-state index is -3.67. The van der Waals surface area contributed by atoms with Gasteiger partial charge in [-0.05, 0) is 30.7 Å². The first-order valence-corrected chi connectivity index (χ1v) is 8.31. The zero-order chi connectivity index (χ0) is 15.3. The SMILES string of the molecule is CCCNCc1cc(S(=O)(=O)N(C)CC)cc(F)c1Cl. The van der Waals surface area contributed by atoms with Gasteiger partial charge in [-0.15, -0.1) is 0 Å². The summed E-state index contributed by atoms with van der Waals surface area (Å²) in [5.41, 5.74) is 0.447. The lowest BCUT2D eigenvalue weighted by Gasteiger charge is -2.16. The smallest absolute Gasteiger partial charge is 0.242 e. The summed E-state index contributed by atoms with van der Waals surface area (Å²) in [7, 11) is -2.22. The topological polar surface area (TPSA) is 49.4 Å². The van der Waals surface area contributed by atoms with Gasteiger partial charge in [0.05, 0.1) is 9.92 Å². The largest absolute Gasteiger partial charge is 0.313 e. The molecule has 0 saturated carbocycles. The molecule has 0 aliphatic rings. The van der Waals surface area contributed by atoms with Crippen molar-refractivity contribution in [3.05, 3.63) is 28.5 Å². The fourth-order valence-corrected chi connectivity index (χ4v) is 3.07. The highest BCUT2D eigenvalue weighted by Crippen LogP contribution is 2.25. The molecule has 0 heterocycles. The van der Waals surface area contributed by atoms with Gasteiger partial charge >= 0.3 is 0 Å². The summed E-state index contributed by atoms with van der Waals surface area (Å²) in [6, 6.07) is 2.39. The van der Waals surface area contributed by atoms with Crippen LogP contribution >= 0.6 is 11.6 Å². The second-order valence-corrected chi connectivity index (χ2v) is 6.90. The van der Waals surface area contributed by atoms with Gasteiger partial charge in [-0.1, -0.05) is 25.4 Å². The van der Waals surface area contributed by atoms with E-state index in [-0.39, 0.29) is 9.92 Å². The quantitative estimate of drug-likeness (QED) is 0.785. The average Bonchev–Trinajstić information content (AvgIpc) is 2.42. The fourth-order valence-electron chi connectivity index (χ4n) is 1.65. The number of rotatable bonds is 7. The van der Waals surface area contributed by atoms with E-state index in [1.54, 1.807) is 6.92 Å². The van der Waals surface area contributed by atoms with Gasteiger partial charge in [-0.25, -0.2) is 17.1 Å². The third-order valence-corrected chi connectivity index (χ3v) is 5.31. The van der Waals surface area contributed by atoms with E-state index >= 15 is 0 Å². The summed E-state index contributed by atoms with van der Waals surface area (Å²) in [4.78, 5) is -0.0722. The lowest BCUT2D eigenvalue weighted by atomic mass is 10.2. The molecule has 0 fully saturated rings. The maximum Gasteiger partial charge on any atom is 0.242 e. The van der Waals surface area contributed by atoms with Gasteiger partial charge < -0.3 is 5.32 Å². The molecule has 4 nitrogen and oxygen atoms in total. The van der Waals surface area contributed by atoms with Crippen LogP contribution in [0.15, 0.2) is 17.0 Å². The van der Waals surface area contributed by atoms with Gasteiger partial charge in [0.15, 0.2) is 0 Å². The molecule has 1 aromatic rings. The van der Waals surface area contributed by atoms with Crippen LogP contribution in [-0.2, 0) is 16.6 Å². The summed E-state index contributed by atoms with van der Waals surface area (Å²) >= 11 is 5.88. The van der Waals surface area contributed by atoms with Crippen LogP contribution in [0.25, 0.3) is 0 Å². The Balaban J connectivity index is 3.17.